The molecule has 0 atom stereocenters. The van der Waals surface area contributed by atoms with E-state index < -0.39 is 0 Å². The lowest BCUT2D eigenvalue weighted by molar-refractivity contribution is -0.684. The Morgan fingerprint density at radius 2 is 2.05 bits per heavy atom. The Kier molecular flexibility index (Phi) is 6.89. The highest BCUT2D eigenvalue weighted by molar-refractivity contribution is 5.74. The van der Waals surface area contributed by atoms with Crippen molar-refractivity contribution in [1.82, 2.24) is 5.32 Å². The molecule has 0 radical (unpaired) electrons. The van der Waals surface area contributed by atoms with E-state index in [1.165, 1.54) is 0 Å². The van der Waals surface area contributed by atoms with Crippen molar-refractivity contribution >= 4 is 11.6 Å². The Morgan fingerprint density at radius 1 is 1.37 bits per heavy atom. The predicted molar refractivity (Wildman–Crippen MR) is 75.1 cm³/mol. The Morgan fingerprint density at radius 3 is 2.63 bits per heavy atom. The van der Waals surface area contributed by atoms with Crippen LogP contribution in [-0.2, 0) is 16.1 Å². The fourth-order valence-corrected chi connectivity index (χ4v) is 1.62. The van der Waals surface area contributed by atoms with Crippen molar-refractivity contribution in [2.75, 3.05) is 38.8 Å². The summed E-state index contributed by atoms with van der Waals surface area (Å²) in [5.74, 6) is 0.0269. The summed E-state index contributed by atoms with van der Waals surface area (Å²) >= 11 is 0. The molecule has 1 aromatic heterocycles. The van der Waals surface area contributed by atoms with Gasteiger partial charge in [-0.15, -0.1) is 0 Å². The summed E-state index contributed by atoms with van der Waals surface area (Å²) in [5, 5.41) is 2.88. The van der Waals surface area contributed by atoms with Crippen LogP contribution in [0.3, 0.4) is 0 Å². The second kappa shape index (κ2) is 8.48. The van der Waals surface area contributed by atoms with Crippen LogP contribution in [0.2, 0.25) is 0 Å². The van der Waals surface area contributed by atoms with Crippen LogP contribution in [0.4, 0.5) is 5.69 Å². The van der Waals surface area contributed by atoms with Crippen LogP contribution in [0.15, 0.2) is 24.5 Å². The van der Waals surface area contributed by atoms with E-state index >= 15 is 0 Å². The number of carbonyl (C=O) groups excluding carboxylic acids is 1. The molecule has 1 N–H and O–H groups in total. The molecule has 0 aliphatic carbocycles. The van der Waals surface area contributed by atoms with Crippen LogP contribution in [-0.4, -0.2) is 39.8 Å². The summed E-state index contributed by atoms with van der Waals surface area (Å²) in [5.41, 5.74) is 1.12. The maximum Gasteiger partial charge on any atom is 0.285 e. The molecule has 5 heteroatoms. The summed E-state index contributed by atoms with van der Waals surface area (Å²) in [6, 6.07) is 3.98. The predicted octanol–water partition coefficient (Wildman–Crippen LogP) is 0.583. The quantitative estimate of drug-likeness (QED) is 0.553. The molecule has 19 heavy (non-hydrogen) atoms. The highest BCUT2D eigenvalue weighted by Crippen LogP contribution is 2.05. The molecule has 0 aliphatic heterocycles. The van der Waals surface area contributed by atoms with E-state index in [0.29, 0.717) is 19.7 Å². The van der Waals surface area contributed by atoms with Gasteiger partial charge in [-0.2, -0.15) is 4.57 Å². The third-order valence-corrected chi connectivity index (χ3v) is 2.71. The van der Waals surface area contributed by atoms with E-state index in [-0.39, 0.29) is 5.91 Å². The van der Waals surface area contributed by atoms with Crippen molar-refractivity contribution in [3.8, 4) is 0 Å². The highest BCUT2D eigenvalue weighted by Gasteiger charge is 2.08. The standard InChI is InChI=1S/C14H23N3O2/c1-4-19-11-5-8-15-14(18)12-17-9-6-13(7-10-17)16(2)3/h6-7,9-10H,4-5,8,11-12H2,1-3H3/p+1. The van der Waals surface area contributed by atoms with Gasteiger partial charge in [0.25, 0.3) is 5.91 Å². The minimum absolute atomic E-state index is 0.0269. The molecule has 1 heterocycles. The minimum atomic E-state index is 0.0269. The zero-order valence-electron chi connectivity index (χ0n) is 12.1. The molecule has 1 rings (SSSR count). The molecule has 5 nitrogen and oxygen atoms in total. The van der Waals surface area contributed by atoms with Gasteiger partial charge in [-0.05, 0) is 13.3 Å². The van der Waals surface area contributed by atoms with Crippen LogP contribution in [0.5, 0.6) is 0 Å². The molecule has 0 bridgehead atoms. The average Bonchev–Trinajstić information content (AvgIpc) is 2.39. The second-order valence-corrected chi connectivity index (χ2v) is 4.52. The Labute approximate surface area is 115 Å². The van der Waals surface area contributed by atoms with Gasteiger partial charge >= 0.3 is 0 Å². The normalized spacial score (nSPS) is 10.3. The largest absolute Gasteiger partial charge is 0.382 e. The Balaban J connectivity index is 2.28. The molecular formula is C14H24N3O2+. The van der Waals surface area contributed by atoms with E-state index in [0.717, 1.165) is 18.7 Å². The van der Waals surface area contributed by atoms with Gasteiger partial charge in [0.05, 0.1) is 0 Å². The number of anilines is 1. The smallest absolute Gasteiger partial charge is 0.285 e. The topological polar surface area (TPSA) is 45.5 Å². The number of hydrogen-bond acceptors (Lipinski definition) is 3. The van der Waals surface area contributed by atoms with Gasteiger partial charge in [-0.25, -0.2) is 0 Å². The maximum absolute atomic E-state index is 11.7. The van der Waals surface area contributed by atoms with Gasteiger partial charge in [-0.3, -0.25) is 4.79 Å². The molecule has 0 fully saturated rings. The molecule has 0 unspecified atom stereocenters. The van der Waals surface area contributed by atoms with Crippen molar-refractivity contribution in [1.29, 1.82) is 0 Å². The second-order valence-electron chi connectivity index (χ2n) is 4.52. The maximum atomic E-state index is 11.7. The average molecular weight is 266 g/mol. The fourth-order valence-electron chi connectivity index (χ4n) is 1.62. The summed E-state index contributed by atoms with van der Waals surface area (Å²) in [6.45, 7) is 4.40. The molecule has 106 valence electrons. The van der Waals surface area contributed by atoms with Crippen LogP contribution in [0.25, 0.3) is 0 Å². The number of aromatic nitrogens is 1. The van der Waals surface area contributed by atoms with Gasteiger partial charge in [0.15, 0.2) is 12.4 Å². The van der Waals surface area contributed by atoms with Crippen LogP contribution >= 0.6 is 0 Å². The third kappa shape index (κ3) is 6.20. The fraction of sp³-hybridized carbons (Fsp3) is 0.571. The molecule has 0 aliphatic rings. The van der Waals surface area contributed by atoms with Crippen molar-refractivity contribution in [2.24, 2.45) is 0 Å². The van der Waals surface area contributed by atoms with Crippen molar-refractivity contribution in [3.63, 3.8) is 0 Å². The van der Waals surface area contributed by atoms with Gasteiger partial charge in [0, 0.05) is 51.7 Å². The molecule has 1 amide bonds. The molecule has 0 aromatic carbocycles. The number of nitrogens with zero attached hydrogens (tertiary/aromatic N) is 2. The molecule has 0 saturated heterocycles. The minimum Gasteiger partial charge on any atom is -0.382 e. The number of pyridine rings is 1. The number of rotatable bonds is 8. The van der Waals surface area contributed by atoms with E-state index in [2.05, 4.69) is 5.32 Å². The molecule has 0 saturated carbocycles. The summed E-state index contributed by atoms with van der Waals surface area (Å²) in [4.78, 5) is 13.7. The zero-order chi connectivity index (χ0) is 14.1. The van der Waals surface area contributed by atoms with E-state index in [4.69, 9.17) is 4.74 Å². The van der Waals surface area contributed by atoms with Gasteiger partial charge in [0.1, 0.15) is 0 Å². The summed E-state index contributed by atoms with van der Waals surface area (Å²) in [7, 11) is 3.98. The van der Waals surface area contributed by atoms with E-state index in [9.17, 15) is 4.79 Å². The van der Waals surface area contributed by atoms with Gasteiger partial charge < -0.3 is 15.0 Å². The van der Waals surface area contributed by atoms with Crippen molar-refractivity contribution in [2.45, 2.75) is 19.9 Å². The van der Waals surface area contributed by atoms with E-state index in [1.54, 1.807) is 0 Å². The van der Waals surface area contributed by atoms with Crippen LogP contribution in [0.1, 0.15) is 13.3 Å². The van der Waals surface area contributed by atoms with Crippen molar-refractivity contribution < 1.29 is 14.1 Å². The van der Waals surface area contributed by atoms with E-state index in [1.807, 2.05) is 55.0 Å². The first kappa shape index (κ1) is 15.4. The lowest BCUT2D eigenvalue weighted by atomic mass is 10.3. The first-order chi connectivity index (χ1) is 9.13. The third-order valence-electron chi connectivity index (χ3n) is 2.71. The van der Waals surface area contributed by atoms with Crippen molar-refractivity contribution in [3.05, 3.63) is 24.5 Å². The van der Waals surface area contributed by atoms with Gasteiger partial charge in [0.2, 0.25) is 6.54 Å². The molecule has 0 spiro atoms. The number of carbonyl (C=O) groups is 1. The number of ether oxygens (including phenoxy) is 1. The lowest BCUT2D eigenvalue weighted by Crippen LogP contribution is -2.42. The first-order valence-corrected chi connectivity index (χ1v) is 6.64. The highest BCUT2D eigenvalue weighted by atomic mass is 16.5. The number of hydrogen-bond donors (Lipinski definition) is 1. The molecule has 1 aromatic rings. The number of amides is 1. The summed E-state index contributed by atoms with van der Waals surface area (Å²) in [6.07, 6.45) is 4.67. The number of nitrogens with one attached hydrogen (secondary N) is 1. The van der Waals surface area contributed by atoms with Crippen LogP contribution < -0.4 is 14.8 Å². The zero-order valence-corrected chi connectivity index (χ0v) is 12.1. The lowest BCUT2D eigenvalue weighted by Gasteiger charge is -2.10. The van der Waals surface area contributed by atoms with Gasteiger partial charge in [-0.1, -0.05) is 0 Å². The first-order valence-electron chi connectivity index (χ1n) is 6.64. The Hall–Kier alpha value is -1.62. The monoisotopic (exact) mass is 266 g/mol. The molecular weight excluding hydrogens is 242 g/mol. The van der Waals surface area contributed by atoms with Crippen LogP contribution in [0, 0.1) is 0 Å². The SMILES string of the molecule is CCOCCCNC(=O)C[n+]1ccc(N(C)C)cc1. The Bertz CT molecular complexity index is 377. The summed E-state index contributed by atoms with van der Waals surface area (Å²) < 4.78 is 7.07.